The molecule has 0 aromatic rings. The van der Waals surface area contributed by atoms with E-state index in [4.69, 9.17) is 10.9 Å². The fraction of sp³-hybridized carbons (Fsp3) is 0.900. The first-order valence-corrected chi connectivity index (χ1v) is 5.45. The highest BCUT2D eigenvalue weighted by atomic mass is 16.4. The molecule has 1 rings (SSSR count). The van der Waals surface area contributed by atoms with Crippen LogP contribution < -0.4 is 5.73 Å². The highest BCUT2D eigenvalue weighted by molar-refractivity contribution is 5.81. The predicted molar refractivity (Wildman–Crippen MR) is 57.5 cm³/mol. The minimum Gasteiger partial charge on any atom is -0.409 e. The third-order valence-corrected chi connectivity index (χ3v) is 2.95. The summed E-state index contributed by atoms with van der Waals surface area (Å²) in [4.78, 5) is 2.24. The van der Waals surface area contributed by atoms with Gasteiger partial charge in [-0.3, -0.25) is 4.90 Å². The zero-order chi connectivity index (χ0) is 10.4. The van der Waals surface area contributed by atoms with E-state index in [-0.39, 0.29) is 0 Å². The Morgan fingerprint density at radius 2 is 2.14 bits per heavy atom. The first-order chi connectivity index (χ1) is 6.76. The van der Waals surface area contributed by atoms with E-state index in [1.54, 1.807) is 0 Å². The smallest absolute Gasteiger partial charge is 0.153 e. The second-order valence-corrected chi connectivity index (χ2v) is 4.07. The van der Waals surface area contributed by atoms with Gasteiger partial charge in [-0.15, -0.1) is 0 Å². The van der Waals surface area contributed by atoms with Crippen LogP contribution in [0.3, 0.4) is 0 Å². The van der Waals surface area contributed by atoms with Gasteiger partial charge in [-0.2, -0.15) is 0 Å². The van der Waals surface area contributed by atoms with Crippen LogP contribution in [-0.4, -0.2) is 35.6 Å². The molecule has 0 atom stereocenters. The fourth-order valence-corrected chi connectivity index (χ4v) is 2.12. The Bertz CT molecular complexity index is 188. The molecule has 4 heteroatoms. The summed E-state index contributed by atoms with van der Waals surface area (Å²) in [6.45, 7) is 4.75. The summed E-state index contributed by atoms with van der Waals surface area (Å²) in [7, 11) is 0. The Labute approximate surface area is 85.8 Å². The van der Waals surface area contributed by atoms with Gasteiger partial charge in [-0.25, -0.2) is 0 Å². The summed E-state index contributed by atoms with van der Waals surface area (Å²) in [6.07, 6.45) is 5.41. The van der Waals surface area contributed by atoms with Crippen LogP contribution in [0.1, 0.15) is 32.6 Å². The zero-order valence-corrected chi connectivity index (χ0v) is 8.95. The summed E-state index contributed by atoms with van der Waals surface area (Å²) < 4.78 is 0. The monoisotopic (exact) mass is 199 g/mol. The summed E-state index contributed by atoms with van der Waals surface area (Å²) in [5.41, 5.74) is 5.48. The van der Waals surface area contributed by atoms with Crippen molar-refractivity contribution in [2.45, 2.75) is 32.6 Å². The summed E-state index contributed by atoms with van der Waals surface area (Å²) in [6, 6.07) is 0. The van der Waals surface area contributed by atoms with Crippen molar-refractivity contribution in [3.8, 4) is 0 Å². The van der Waals surface area contributed by atoms with Crippen molar-refractivity contribution in [3.05, 3.63) is 0 Å². The normalized spacial score (nSPS) is 19.4. The maximum Gasteiger partial charge on any atom is 0.153 e. The number of nitrogens with two attached hydrogens (primary N) is 1. The Morgan fingerprint density at radius 3 is 2.64 bits per heavy atom. The fourth-order valence-electron chi connectivity index (χ4n) is 2.12. The van der Waals surface area contributed by atoms with E-state index in [2.05, 4.69) is 17.0 Å². The van der Waals surface area contributed by atoms with Gasteiger partial charge in [-0.1, -0.05) is 24.9 Å². The molecule has 0 aromatic carbocycles. The van der Waals surface area contributed by atoms with E-state index in [9.17, 15) is 0 Å². The lowest BCUT2D eigenvalue weighted by Gasteiger charge is -2.22. The quantitative estimate of drug-likeness (QED) is 0.303. The molecule has 0 aliphatic heterocycles. The van der Waals surface area contributed by atoms with Gasteiger partial charge in [0.25, 0.3) is 0 Å². The SMILES string of the molecule is CCN(CC(N)=NO)CC1CCCC1. The van der Waals surface area contributed by atoms with Crippen molar-refractivity contribution in [1.29, 1.82) is 0 Å². The minimum absolute atomic E-state index is 0.310. The maximum atomic E-state index is 8.48. The van der Waals surface area contributed by atoms with Crippen molar-refractivity contribution in [2.24, 2.45) is 16.8 Å². The first kappa shape index (κ1) is 11.3. The number of hydrogen-bond acceptors (Lipinski definition) is 3. The lowest BCUT2D eigenvalue weighted by atomic mass is 10.1. The number of hydrogen-bond donors (Lipinski definition) is 2. The standard InChI is InChI=1S/C10H21N3O/c1-2-13(8-10(11)12-14)7-9-5-3-4-6-9/h9,14H,2-8H2,1H3,(H2,11,12). The number of likely N-dealkylation sites (N-methyl/N-ethyl adjacent to an activating group) is 1. The molecule has 0 bridgehead atoms. The number of amidine groups is 1. The van der Waals surface area contributed by atoms with Crippen molar-refractivity contribution >= 4 is 5.84 Å². The molecule has 1 saturated carbocycles. The molecule has 14 heavy (non-hydrogen) atoms. The van der Waals surface area contributed by atoms with Crippen molar-refractivity contribution in [3.63, 3.8) is 0 Å². The topological polar surface area (TPSA) is 61.8 Å². The number of rotatable bonds is 5. The molecule has 1 aliphatic rings. The Kier molecular flexibility index (Phi) is 4.73. The van der Waals surface area contributed by atoms with Gasteiger partial charge in [0.15, 0.2) is 5.84 Å². The molecule has 0 radical (unpaired) electrons. The molecule has 0 unspecified atom stereocenters. The molecule has 82 valence electrons. The van der Waals surface area contributed by atoms with Gasteiger partial charge < -0.3 is 10.9 Å². The van der Waals surface area contributed by atoms with Crippen LogP contribution in [0, 0.1) is 5.92 Å². The van der Waals surface area contributed by atoms with Crippen LogP contribution in [0.25, 0.3) is 0 Å². The predicted octanol–water partition coefficient (Wildman–Crippen LogP) is 1.24. The molecule has 0 saturated heterocycles. The van der Waals surface area contributed by atoms with Gasteiger partial charge in [0.1, 0.15) is 0 Å². The van der Waals surface area contributed by atoms with Crippen LogP contribution in [0.15, 0.2) is 5.16 Å². The Morgan fingerprint density at radius 1 is 1.50 bits per heavy atom. The summed E-state index contributed by atoms with van der Waals surface area (Å²) in [5.74, 6) is 1.13. The lowest BCUT2D eigenvalue weighted by molar-refractivity contribution is 0.264. The van der Waals surface area contributed by atoms with E-state index in [0.29, 0.717) is 12.4 Å². The lowest BCUT2D eigenvalue weighted by Crippen LogP contribution is -2.36. The molecular formula is C10H21N3O. The van der Waals surface area contributed by atoms with Gasteiger partial charge >= 0.3 is 0 Å². The van der Waals surface area contributed by atoms with Crippen molar-refractivity contribution in [2.75, 3.05) is 19.6 Å². The van der Waals surface area contributed by atoms with E-state index in [0.717, 1.165) is 19.0 Å². The molecule has 0 aromatic heterocycles. The van der Waals surface area contributed by atoms with Gasteiger partial charge in [0.05, 0.1) is 6.54 Å². The first-order valence-electron chi connectivity index (χ1n) is 5.45. The highest BCUT2D eigenvalue weighted by Gasteiger charge is 2.18. The largest absolute Gasteiger partial charge is 0.409 e. The second-order valence-electron chi connectivity index (χ2n) is 4.07. The zero-order valence-electron chi connectivity index (χ0n) is 8.95. The molecule has 1 aliphatic carbocycles. The second kappa shape index (κ2) is 5.86. The average Bonchev–Trinajstić information content (AvgIpc) is 2.69. The molecule has 3 N–H and O–H groups in total. The molecule has 0 spiro atoms. The Balaban J connectivity index is 2.30. The molecule has 4 nitrogen and oxygen atoms in total. The number of oxime groups is 1. The highest BCUT2D eigenvalue weighted by Crippen LogP contribution is 2.25. The van der Waals surface area contributed by atoms with Crippen LogP contribution in [-0.2, 0) is 0 Å². The molecule has 0 amide bonds. The third kappa shape index (κ3) is 3.54. The molecule has 0 heterocycles. The van der Waals surface area contributed by atoms with E-state index < -0.39 is 0 Å². The van der Waals surface area contributed by atoms with Crippen LogP contribution in [0.5, 0.6) is 0 Å². The van der Waals surface area contributed by atoms with Gasteiger partial charge in [0.2, 0.25) is 0 Å². The summed E-state index contributed by atoms with van der Waals surface area (Å²) in [5, 5.41) is 11.5. The van der Waals surface area contributed by atoms with Gasteiger partial charge in [0, 0.05) is 6.54 Å². The van der Waals surface area contributed by atoms with Gasteiger partial charge in [-0.05, 0) is 25.3 Å². The van der Waals surface area contributed by atoms with Crippen LogP contribution in [0.4, 0.5) is 0 Å². The number of nitrogens with zero attached hydrogens (tertiary/aromatic N) is 2. The average molecular weight is 199 g/mol. The van der Waals surface area contributed by atoms with Crippen LogP contribution >= 0.6 is 0 Å². The van der Waals surface area contributed by atoms with Crippen LogP contribution in [0.2, 0.25) is 0 Å². The van der Waals surface area contributed by atoms with E-state index in [1.807, 2.05) is 0 Å². The summed E-state index contributed by atoms with van der Waals surface area (Å²) >= 11 is 0. The minimum atomic E-state index is 0.310. The maximum absolute atomic E-state index is 8.48. The molecular weight excluding hydrogens is 178 g/mol. The van der Waals surface area contributed by atoms with E-state index in [1.165, 1.54) is 25.7 Å². The van der Waals surface area contributed by atoms with E-state index >= 15 is 0 Å². The van der Waals surface area contributed by atoms with Crippen molar-refractivity contribution < 1.29 is 5.21 Å². The molecule has 1 fully saturated rings. The third-order valence-electron chi connectivity index (χ3n) is 2.95. The Hall–Kier alpha value is -0.770. The van der Waals surface area contributed by atoms with Crippen molar-refractivity contribution in [1.82, 2.24) is 4.90 Å².